The van der Waals surface area contributed by atoms with E-state index >= 15 is 0 Å². The fourth-order valence-corrected chi connectivity index (χ4v) is 1.48. The summed E-state index contributed by atoms with van der Waals surface area (Å²) in [7, 11) is 1.37. The zero-order valence-electron chi connectivity index (χ0n) is 7.90. The number of hydrogen-bond acceptors (Lipinski definition) is 3. The van der Waals surface area contributed by atoms with Crippen LogP contribution in [0, 0.1) is 0 Å². The van der Waals surface area contributed by atoms with Crippen molar-refractivity contribution in [3.8, 4) is 0 Å². The maximum atomic E-state index is 10.7. The van der Waals surface area contributed by atoms with Crippen LogP contribution in [0.3, 0.4) is 0 Å². The molecule has 0 fully saturated rings. The molecule has 0 atom stereocenters. The lowest BCUT2D eigenvalue weighted by Crippen LogP contribution is -1.90. The van der Waals surface area contributed by atoms with E-state index < -0.39 is 9.05 Å². The molecular weight excluding hydrogens is 224 g/mol. The zero-order chi connectivity index (χ0) is 11.2. The summed E-state index contributed by atoms with van der Waals surface area (Å²) in [6.07, 6.45) is 0.630. The minimum Gasteiger partial charge on any atom is -0.298 e. The Morgan fingerprint density at radius 2 is 1.57 bits per heavy atom. The van der Waals surface area contributed by atoms with Crippen LogP contribution in [0.4, 0.5) is 0 Å². The third kappa shape index (κ3) is 3.89. The summed E-state index contributed by atoms with van der Waals surface area (Å²) in [5, 5.41) is 0. The molecule has 0 aliphatic carbocycles. The summed E-state index contributed by atoms with van der Waals surface area (Å²) < 4.78 is 21.4. The van der Waals surface area contributed by atoms with Crippen LogP contribution in [0.5, 0.6) is 0 Å². The minimum absolute atomic E-state index is 0.00485. The predicted octanol–water partition coefficient (Wildman–Crippen LogP) is 2.45. The molecule has 0 unspecified atom stereocenters. The summed E-state index contributed by atoms with van der Waals surface area (Å²) in [5.74, 6) is 0. The molecule has 0 heterocycles. The number of hydrogen-bond donors (Lipinski definition) is 0. The van der Waals surface area contributed by atoms with Crippen LogP contribution in [0.2, 0.25) is 0 Å². The molecule has 1 aromatic rings. The van der Waals surface area contributed by atoms with Crippen LogP contribution < -0.4 is 0 Å². The first kappa shape index (κ1) is 13.1. The largest absolute Gasteiger partial charge is 0.298 e. The highest BCUT2D eigenvalue weighted by Gasteiger charge is 2.08. The highest BCUT2D eigenvalue weighted by atomic mass is 35.7. The molecule has 3 nitrogen and oxygen atoms in total. The minimum atomic E-state index is -3.67. The number of carbonyl (C=O) groups is 1. The molecule has 0 saturated carbocycles. The molecule has 0 amide bonds. The highest BCUT2D eigenvalue weighted by Crippen LogP contribution is 2.14. The van der Waals surface area contributed by atoms with Crippen LogP contribution >= 0.6 is 10.7 Å². The third-order valence-corrected chi connectivity index (χ3v) is 2.67. The van der Waals surface area contributed by atoms with Gasteiger partial charge < -0.3 is 0 Å². The summed E-state index contributed by atoms with van der Waals surface area (Å²) >= 11 is 0. The fourth-order valence-electron chi connectivity index (χ4n) is 0.709. The molecular formula is C9H11ClO3S. The third-order valence-electron chi connectivity index (χ3n) is 1.30. The molecule has 0 saturated heterocycles. The van der Waals surface area contributed by atoms with Gasteiger partial charge in [0.1, 0.15) is 6.29 Å². The first-order valence-corrected chi connectivity index (χ1v) is 6.35. The maximum Gasteiger partial charge on any atom is 0.261 e. The number of aldehydes is 1. The summed E-state index contributed by atoms with van der Waals surface area (Å²) in [6, 6.07) is 5.35. The number of carbonyl (C=O) groups excluding carboxylic acids is 1. The van der Waals surface area contributed by atoms with Crippen molar-refractivity contribution in [2.24, 2.45) is 0 Å². The van der Waals surface area contributed by atoms with Crippen LogP contribution in [-0.4, -0.2) is 14.7 Å². The first-order chi connectivity index (χ1) is 6.54. The van der Waals surface area contributed by atoms with E-state index in [1.165, 1.54) is 24.3 Å². The monoisotopic (exact) mass is 234 g/mol. The van der Waals surface area contributed by atoms with E-state index in [0.717, 1.165) is 0 Å². The standard InChI is InChI=1S/C7H5ClO3S.C2H6/c8-12(10,11)7-3-1-6(5-9)2-4-7;1-2/h1-5H;1-2H3. The molecule has 1 aromatic carbocycles. The SMILES string of the molecule is CC.O=Cc1ccc(S(=O)(=O)Cl)cc1. The van der Waals surface area contributed by atoms with E-state index in [9.17, 15) is 13.2 Å². The van der Waals surface area contributed by atoms with E-state index in [0.29, 0.717) is 11.8 Å². The summed E-state index contributed by atoms with van der Waals surface area (Å²) in [4.78, 5) is 10.2. The van der Waals surface area contributed by atoms with Crippen molar-refractivity contribution in [3.63, 3.8) is 0 Å². The lowest BCUT2D eigenvalue weighted by atomic mass is 10.2. The van der Waals surface area contributed by atoms with Crippen molar-refractivity contribution >= 4 is 26.0 Å². The predicted molar refractivity (Wildman–Crippen MR) is 56.2 cm³/mol. The Hall–Kier alpha value is -0.870. The van der Waals surface area contributed by atoms with E-state index in [2.05, 4.69) is 0 Å². The average Bonchev–Trinajstić information content (AvgIpc) is 2.20. The molecule has 0 aromatic heterocycles. The zero-order valence-corrected chi connectivity index (χ0v) is 9.47. The van der Waals surface area contributed by atoms with E-state index in [-0.39, 0.29) is 4.90 Å². The summed E-state index contributed by atoms with van der Waals surface area (Å²) in [6.45, 7) is 4.00. The normalized spacial score (nSPS) is 9.93. The molecule has 0 spiro atoms. The summed E-state index contributed by atoms with van der Waals surface area (Å²) in [5.41, 5.74) is 0.416. The molecule has 14 heavy (non-hydrogen) atoms. The molecule has 0 bridgehead atoms. The molecule has 0 N–H and O–H groups in total. The van der Waals surface area contributed by atoms with Gasteiger partial charge in [0.05, 0.1) is 4.90 Å². The van der Waals surface area contributed by atoms with Crippen LogP contribution in [-0.2, 0) is 9.05 Å². The van der Waals surface area contributed by atoms with E-state index in [4.69, 9.17) is 10.7 Å². The van der Waals surface area contributed by atoms with E-state index in [1.807, 2.05) is 13.8 Å². The van der Waals surface area contributed by atoms with Gasteiger partial charge in [-0.15, -0.1) is 0 Å². The molecule has 0 aliphatic rings. The second-order valence-electron chi connectivity index (χ2n) is 2.12. The van der Waals surface area contributed by atoms with Crippen molar-refractivity contribution in [3.05, 3.63) is 29.8 Å². The lowest BCUT2D eigenvalue weighted by Gasteiger charge is -1.94. The van der Waals surface area contributed by atoms with Gasteiger partial charge in [0.2, 0.25) is 0 Å². The van der Waals surface area contributed by atoms with Gasteiger partial charge in [0.25, 0.3) is 9.05 Å². The van der Waals surface area contributed by atoms with Gasteiger partial charge in [0, 0.05) is 16.2 Å². The van der Waals surface area contributed by atoms with Gasteiger partial charge in [-0.25, -0.2) is 8.42 Å². The van der Waals surface area contributed by atoms with Gasteiger partial charge in [-0.3, -0.25) is 4.79 Å². The van der Waals surface area contributed by atoms with Crippen LogP contribution in [0.1, 0.15) is 24.2 Å². The molecule has 1 rings (SSSR count). The van der Waals surface area contributed by atoms with Gasteiger partial charge in [-0.2, -0.15) is 0 Å². The van der Waals surface area contributed by atoms with Crippen molar-refractivity contribution in [2.45, 2.75) is 18.7 Å². The molecule has 5 heteroatoms. The second-order valence-corrected chi connectivity index (χ2v) is 4.69. The molecule has 0 radical (unpaired) electrons. The average molecular weight is 235 g/mol. The van der Waals surface area contributed by atoms with Crippen molar-refractivity contribution < 1.29 is 13.2 Å². The van der Waals surface area contributed by atoms with Gasteiger partial charge in [-0.1, -0.05) is 26.0 Å². The number of benzene rings is 1. The number of halogens is 1. The Labute approximate surface area is 88.1 Å². The van der Waals surface area contributed by atoms with Gasteiger partial charge in [-0.05, 0) is 12.1 Å². The van der Waals surface area contributed by atoms with Crippen molar-refractivity contribution in [1.82, 2.24) is 0 Å². The lowest BCUT2D eigenvalue weighted by molar-refractivity contribution is 0.112. The van der Waals surface area contributed by atoms with E-state index in [1.54, 1.807) is 0 Å². The van der Waals surface area contributed by atoms with Crippen molar-refractivity contribution in [2.75, 3.05) is 0 Å². The Morgan fingerprint density at radius 1 is 1.14 bits per heavy atom. The van der Waals surface area contributed by atoms with Crippen molar-refractivity contribution in [1.29, 1.82) is 0 Å². The topological polar surface area (TPSA) is 51.2 Å². The Balaban J connectivity index is 0.000000791. The Bertz CT molecular complexity index is 381. The Kier molecular flexibility index (Phi) is 5.42. The molecule has 78 valence electrons. The first-order valence-electron chi connectivity index (χ1n) is 4.04. The second kappa shape index (κ2) is 5.78. The quantitative estimate of drug-likeness (QED) is 0.584. The fraction of sp³-hybridized carbons (Fsp3) is 0.222. The smallest absolute Gasteiger partial charge is 0.261 e. The number of rotatable bonds is 2. The Morgan fingerprint density at radius 3 is 1.86 bits per heavy atom. The van der Waals surface area contributed by atoms with Gasteiger partial charge >= 0.3 is 0 Å². The van der Waals surface area contributed by atoms with Crippen LogP contribution in [0.25, 0.3) is 0 Å². The maximum absolute atomic E-state index is 10.7. The van der Waals surface area contributed by atoms with Gasteiger partial charge in [0.15, 0.2) is 0 Å². The van der Waals surface area contributed by atoms with Crippen LogP contribution in [0.15, 0.2) is 29.2 Å². The highest BCUT2D eigenvalue weighted by molar-refractivity contribution is 8.13. The molecule has 0 aliphatic heterocycles.